The zero-order valence-corrected chi connectivity index (χ0v) is 4.80. The summed E-state index contributed by atoms with van der Waals surface area (Å²) in [5.41, 5.74) is 0. The van der Waals surface area contributed by atoms with Gasteiger partial charge in [-0.05, 0) is 18.9 Å². The first-order valence-corrected chi connectivity index (χ1v) is 2.55. The highest BCUT2D eigenvalue weighted by molar-refractivity contribution is 5.10. The molecular formula is C6H10O2. The highest BCUT2D eigenvalue weighted by Gasteiger charge is 1.86. The van der Waals surface area contributed by atoms with Crippen LogP contribution in [0.25, 0.3) is 0 Å². The third-order valence-electron chi connectivity index (χ3n) is 0.825. The lowest BCUT2D eigenvalue weighted by Gasteiger charge is -2.01. The van der Waals surface area contributed by atoms with Crippen molar-refractivity contribution in [3.8, 4) is 0 Å². The number of carbonyl (C=O) groups is 1. The molecule has 46 valence electrons. The standard InChI is InChI=1S/C5H8O.CH2O/c1-2-4-6-5-3-1;1-2/h2,4H,1,3,5H2;1H2. The summed E-state index contributed by atoms with van der Waals surface area (Å²) in [7, 11) is 0. The highest BCUT2D eigenvalue weighted by Crippen LogP contribution is 1.97. The Morgan fingerprint density at radius 1 is 1.50 bits per heavy atom. The van der Waals surface area contributed by atoms with Gasteiger partial charge in [-0.1, -0.05) is 0 Å². The lowest BCUT2D eigenvalue weighted by molar-refractivity contribution is -0.0979. The van der Waals surface area contributed by atoms with Gasteiger partial charge < -0.3 is 9.53 Å². The summed E-state index contributed by atoms with van der Waals surface area (Å²) < 4.78 is 4.89. The minimum Gasteiger partial charge on any atom is -0.502 e. The van der Waals surface area contributed by atoms with Crippen LogP contribution in [0.1, 0.15) is 12.8 Å². The highest BCUT2D eigenvalue weighted by atomic mass is 16.5. The van der Waals surface area contributed by atoms with Crippen LogP contribution < -0.4 is 0 Å². The third-order valence-corrected chi connectivity index (χ3v) is 0.825. The molecule has 1 heterocycles. The molecule has 0 unspecified atom stereocenters. The number of hydrogen-bond acceptors (Lipinski definition) is 2. The van der Waals surface area contributed by atoms with Crippen molar-refractivity contribution in [2.75, 3.05) is 6.61 Å². The molecule has 0 saturated carbocycles. The van der Waals surface area contributed by atoms with Crippen molar-refractivity contribution in [3.05, 3.63) is 12.3 Å². The fourth-order valence-electron chi connectivity index (χ4n) is 0.489. The molecule has 0 bridgehead atoms. The molecule has 0 saturated heterocycles. The van der Waals surface area contributed by atoms with Gasteiger partial charge in [-0.2, -0.15) is 0 Å². The van der Waals surface area contributed by atoms with E-state index in [9.17, 15) is 0 Å². The Bertz CT molecular complexity index is 60.9. The van der Waals surface area contributed by atoms with Crippen molar-refractivity contribution >= 4 is 6.79 Å². The van der Waals surface area contributed by atoms with E-state index in [1.807, 2.05) is 12.9 Å². The Balaban J connectivity index is 0.000000222. The average Bonchev–Trinajstić information content (AvgIpc) is 1.96. The summed E-state index contributed by atoms with van der Waals surface area (Å²) in [6, 6.07) is 0. The molecule has 0 aromatic heterocycles. The van der Waals surface area contributed by atoms with E-state index in [-0.39, 0.29) is 0 Å². The third kappa shape index (κ3) is 3.40. The molecule has 0 atom stereocenters. The normalized spacial score (nSPS) is 15.5. The Hall–Kier alpha value is -0.790. The molecule has 1 aliphatic heterocycles. The lowest BCUT2D eigenvalue weighted by atomic mass is 10.3. The van der Waals surface area contributed by atoms with Crippen molar-refractivity contribution < 1.29 is 9.53 Å². The van der Waals surface area contributed by atoms with E-state index >= 15 is 0 Å². The fraction of sp³-hybridized carbons (Fsp3) is 0.500. The van der Waals surface area contributed by atoms with Crippen molar-refractivity contribution in [1.82, 2.24) is 0 Å². The molecule has 0 aromatic rings. The molecule has 1 aliphatic rings. The number of ether oxygens (including phenoxy) is 1. The van der Waals surface area contributed by atoms with E-state index in [2.05, 4.69) is 0 Å². The van der Waals surface area contributed by atoms with Gasteiger partial charge in [-0.25, -0.2) is 0 Å². The van der Waals surface area contributed by atoms with E-state index in [1.165, 1.54) is 12.8 Å². The molecule has 2 nitrogen and oxygen atoms in total. The minimum atomic E-state index is 0.913. The minimum absolute atomic E-state index is 0.913. The maximum Gasteiger partial charge on any atom is 0.106 e. The maximum absolute atomic E-state index is 8.00. The van der Waals surface area contributed by atoms with Gasteiger partial charge in [0, 0.05) is 0 Å². The van der Waals surface area contributed by atoms with Gasteiger partial charge in [-0.15, -0.1) is 0 Å². The molecular weight excluding hydrogens is 104 g/mol. The molecule has 0 aliphatic carbocycles. The largest absolute Gasteiger partial charge is 0.502 e. The van der Waals surface area contributed by atoms with Gasteiger partial charge >= 0.3 is 0 Å². The summed E-state index contributed by atoms with van der Waals surface area (Å²) in [6.45, 7) is 2.91. The van der Waals surface area contributed by atoms with Gasteiger partial charge in [0.25, 0.3) is 0 Å². The Kier molecular flexibility index (Phi) is 5.60. The second-order valence-electron chi connectivity index (χ2n) is 1.38. The molecule has 0 aromatic carbocycles. The van der Waals surface area contributed by atoms with Crippen LogP contribution in [0.3, 0.4) is 0 Å². The van der Waals surface area contributed by atoms with Crippen molar-refractivity contribution in [3.63, 3.8) is 0 Å². The molecule has 0 spiro atoms. The van der Waals surface area contributed by atoms with Gasteiger partial charge in [0.1, 0.15) is 6.79 Å². The van der Waals surface area contributed by atoms with Gasteiger partial charge in [0.15, 0.2) is 0 Å². The quantitative estimate of drug-likeness (QED) is 0.471. The number of rotatable bonds is 0. The number of hydrogen-bond donors (Lipinski definition) is 0. The summed E-state index contributed by atoms with van der Waals surface area (Å²) in [6.07, 6.45) is 6.20. The van der Waals surface area contributed by atoms with Crippen LogP contribution in [-0.4, -0.2) is 13.4 Å². The van der Waals surface area contributed by atoms with Crippen LogP contribution in [0.15, 0.2) is 12.3 Å². The van der Waals surface area contributed by atoms with Crippen molar-refractivity contribution in [2.24, 2.45) is 0 Å². The van der Waals surface area contributed by atoms with E-state index in [1.54, 1.807) is 6.26 Å². The van der Waals surface area contributed by atoms with Gasteiger partial charge in [-0.3, -0.25) is 0 Å². The van der Waals surface area contributed by atoms with Crippen LogP contribution in [0.2, 0.25) is 0 Å². The van der Waals surface area contributed by atoms with Crippen LogP contribution in [0, 0.1) is 0 Å². The van der Waals surface area contributed by atoms with Gasteiger partial charge in [0.05, 0.1) is 12.9 Å². The molecule has 0 radical (unpaired) electrons. The lowest BCUT2D eigenvalue weighted by Crippen LogP contribution is -1.90. The SMILES string of the molecule is C1=COCCC1.C=O. The predicted octanol–water partition coefficient (Wildman–Crippen LogP) is 1.13. The molecule has 1 rings (SSSR count). The van der Waals surface area contributed by atoms with Crippen LogP contribution in [0.5, 0.6) is 0 Å². The van der Waals surface area contributed by atoms with E-state index < -0.39 is 0 Å². The fourth-order valence-corrected chi connectivity index (χ4v) is 0.489. The zero-order chi connectivity index (χ0) is 6.24. The summed E-state index contributed by atoms with van der Waals surface area (Å²) in [4.78, 5) is 8.00. The summed E-state index contributed by atoms with van der Waals surface area (Å²) in [5.74, 6) is 0. The topological polar surface area (TPSA) is 26.3 Å². The predicted molar refractivity (Wildman–Crippen MR) is 31.4 cm³/mol. The Labute approximate surface area is 49.1 Å². The molecule has 8 heavy (non-hydrogen) atoms. The van der Waals surface area contributed by atoms with Crippen molar-refractivity contribution in [2.45, 2.75) is 12.8 Å². The van der Waals surface area contributed by atoms with Crippen LogP contribution in [0.4, 0.5) is 0 Å². The van der Waals surface area contributed by atoms with Crippen molar-refractivity contribution in [1.29, 1.82) is 0 Å². The van der Waals surface area contributed by atoms with Crippen LogP contribution >= 0.6 is 0 Å². The first-order chi connectivity index (χ1) is 4.00. The smallest absolute Gasteiger partial charge is 0.106 e. The van der Waals surface area contributed by atoms with E-state index in [0.29, 0.717) is 0 Å². The first kappa shape index (κ1) is 7.21. The second kappa shape index (κ2) is 6.21. The van der Waals surface area contributed by atoms with E-state index in [0.717, 1.165) is 6.61 Å². The molecule has 0 fully saturated rings. The maximum atomic E-state index is 8.00. The number of allylic oxidation sites excluding steroid dienone is 1. The first-order valence-electron chi connectivity index (χ1n) is 2.55. The second-order valence-corrected chi connectivity index (χ2v) is 1.38. The summed E-state index contributed by atoms with van der Waals surface area (Å²) >= 11 is 0. The Morgan fingerprint density at radius 2 is 2.25 bits per heavy atom. The summed E-state index contributed by atoms with van der Waals surface area (Å²) in [5, 5.41) is 0. The zero-order valence-electron chi connectivity index (χ0n) is 4.80. The molecule has 0 amide bonds. The molecule has 0 N–H and O–H groups in total. The number of carbonyl (C=O) groups excluding carboxylic acids is 1. The monoisotopic (exact) mass is 114 g/mol. The van der Waals surface area contributed by atoms with Crippen LogP contribution in [-0.2, 0) is 9.53 Å². The Morgan fingerprint density at radius 3 is 2.38 bits per heavy atom. The average molecular weight is 114 g/mol. The van der Waals surface area contributed by atoms with E-state index in [4.69, 9.17) is 9.53 Å². The molecule has 2 heteroatoms. The van der Waals surface area contributed by atoms with Gasteiger partial charge in [0.2, 0.25) is 0 Å².